The molecule has 1 atom stereocenters. The Morgan fingerprint density at radius 3 is 1.94 bits per heavy atom. The zero-order chi connectivity index (χ0) is 25.7. The highest BCUT2D eigenvalue weighted by molar-refractivity contribution is 7.80. The van der Waals surface area contributed by atoms with Gasteiger partial charge < -0.3 is 9.66 Å². The first kappa shape index (κ1) is 33.0. The van der Waals surface area contributed by atoms with Crippen LogP contribution in [0.1, 0.15) is 118 Å². The molecule has 0 aromatic carbocycles. The summed E-state index contributed by atoms with van der Waals surface area (Å²) in [6, 6.07) is 0. The maximum Gasteiger partial charge on any atom is 0.277 e. The Morgan fingerprint density at radius 2 is 1.50 bits per heavy atom. The van der Waals surface area contributed by atoms with E-state index in [4.69, 9.17) is 0 Å². The summed E-state index contributed by atoms with van der Waals surface area (Å²) in [5, 5.41) is 13.8. The molecular weight excluding hydrogens is 452 g/mol. The quantitative estimate of drug-likeness (QED) is 0.0814. The number of amidine groups is 1. The van der Waals surface area contributed by atoms with Gasteiger partial charge in [-0.25, -0.2) is 8.42 Å². The zero-order valence-corrected chi connectivity index (χ0v) is 23.1. The summed E-state index contributed by atoms with van der Waals surface area (Å²) in [4.78, 5) is 0. The van der Waals surface area contributed by atoms with Gasteiger partial charge in [0.15, 0.2) is 5.60 Å². The third-order valence-electron chi connectivity index (χ3n) is 6.17. The van der Waals surface area contributed by atoms with Crippen LogP contribution in [0.25, 0.3) is 0 Å². The van der Waals surface area contributed by atoms with Crippen LogP contribution in [0.3, 0.4) is 0 Å². The van der Waals surface area contributed by atoms with Crippen LogP contribution in [0.2, 0.25) is 0 Å². The second kappa shape index (κ2) is 20.3. The number of hydrogen-bond donors (Lipinski definition) is 2. The molecule has 1 rings (SSSR count). The van der Waals surface area contributed by atoms with Gasteiger partial charge in [-0.15, -0.1) is 0 Å². The highest BCUT2D eigenvalue weighted by Crippen LogP contribution is 2.13. The van der Waals surface area contributed by atoms with Crippen LogP contribution in [0.4, 0.5) is 0 Å². The summed E-state index contributed by atoms with van der Waals surface area (Å²) in [5.41, 5.74) is -0.722. The Balaban J connectivity index is 0.00000135. The summed E-state index contributed by atoms with van der Waals surface area (Å²) in [6.45, 7) is 10.4. The fourth-order valence-electron chi connectivity index (χ4n) is 3.98. The van der Waals surface area contributed by atoms with E-state index in [1.54, 1.807) is 0 Å². The summed E-state index contributed by atoms with van der Waals surface area (Å²) in [7, 11) is -4.42. The van der Waals surface area contributed by atoms with Gasteiger partial charge in [-0.1, -0.05) is 90.6 Å². The lowest BCUT2D eigenvalue weighted by molar-refractivity contribution is -0.511. The molecule has 0 radical (unpaired) electrons. The van der Waals surface area contributed by atoms with Gasteiger partial charge in [-0.2, -0.15) is 0 Å². The van der Waals surface area contributed by atoms with Crippen LogP contribution in [0.5, 0.6) is 0 Å². The maximum absolute atomic E-state index is 10.5. The third kappa shape index (κ3) is 18.4. The van der Waals surface area contributed by atoms with Crippen molar-refractivity contribution in [3.8, 4) is 0 Å². The standard InChI is InChI=1S/C24H46N2O.C2H6O4S/c1-4-6-7-8-9-10-11-12-13-14-15-16-17-18-19-21-26-22-20-25-23(26)24(3,27)5-2;1-2-6-7(3,4)5/h18-19,27H,4-17,20-22H2,1-3H3;2H2,1H3,(H,3,4,5). The van der Waals surface area contributed by atoms with Crippen molar-refractivity contribution in [2.24, 2.45) is 0 Å². The number of aliphatic hydroxyl groups is 1. The molecule has 34 heavy (non-hydrogen) atoms. The van der Waals surface area contributed by atoms with E-state index in [9.17, 15) is 18.1 Å². The van der Waals surface area contributed by atoms with Crippen LogP contribution < -0.4 is 5.32 Å². The third-order valence-corrected chi connectivity index (χ3v) is 6.69. The predicted molar refractivity (Wildman–Crippen MR) is 140 cm³/mol. The number of unbranched alkanes of at least 4 members (excludes halogenated alkanes) is 12. The van der Waals surface area contributed by atoms with Gasteiger partial charge in [0.2, 0.25) is 10.4 Å². The summed E-state index contributed by atoms with van der Waals surface area (Å²) in [6.07, 6.45) is 23.5. The fourth-order valence-corrected chi connectivity index (χ4v) is 4.27. The van der Waals surface area contributed by atoms with Gasteiger partial charge in [0.25, 0.3) is 5.84 Å². The molecule has 1 heterocycles. The molecule has 2 N–H and O–H groups in total. The van der Waals surface area contributed by atoms with E-state index in [0.29, 0.717) is 0 Å². The van der Waals surface area contributed by atoms with E-state index in [1.165, 1.54) is 90.4 Å². The normalized spacial score (nSPS) is 15.8. The second-order valence-corrected chi connectivity index (χ2v) is 10.4. The molecule has 1 aliphatic rings. The molecule has 0 aliphatic carbocycles. The first-order chi connectivity index (χ1) is 16.2. The van der Waals surface area contributed by atoms with E-state index in [2.05, 4.69) is 33.2 Å². The van der Waals surface area contributed by atoms with Crippen LogP contribution in [-0.4, -0.2) is 60.3 Å². The zero-order valence-electron chi connectivity index (χ0n) is 22.3. The number of allylic oxidation sites excluding steroid dienone is 1. The molecule has 1 unspecified atom stereocenters. The van der Waals surface area contributed by atoms with Crippen LogP contribution >= 0.6 is 0 Å². The number of nitrogens with one attached hydrogen (secondary N) is 1. The number of nitrogens with zero attached hydrogens (tertiary/aromatic N) is 1. The molecule has 1 aliphatic heterocycles. The average molecular weight is 505 g/mol. The lowest BCUT2D eigenvalue weighted by Gasteiger charge is -2.18. The van der Waals surface area contributed by atoms with Crippen LogP contribution in [0.15, 0.2) is 12.2 Å². The van der Waals surface area contributed by atoms with Crippen molar-refractivity contribution in [2.45, 2.75) is 123 Å². The van der Waals surface area contributed by atoms with Gasteiger partial charge in [-0.05, 0) is 39.2 Å². The van der Waals surface area contributed by atoms with E-state index in [0.717, 1.165) is 31.9 Å². The minimum absolute atomic E-state index is 0.0914. The Morgan fingerprint density at radius 1 is 0.971 bits per heavy atom. The van der Waals surface area contributed by atoms with Gasteiger partial charge in [0.05, 0.1) is 6.61 Å². The summed E-state index contributed by atoms with van der Waals surface area (Å²) in [5.74, 6) is 1.00. The van der Waals surface area contributed by atoms with Crippen molar-refractivity contribution in [3.05, 3.63) is 12.2 Å². The van der Waals surface area contributed by atoms with Crippen LogP contribution in [0, 0.1) is 0 Å². The molecule has 0 aromatic heterocycles. The topological polar surface area (TPSA) is 102 Å². The first-order valence-corrected chi connectivity index (χ1v) is 14.8. The molecule has 0 aromatic rings. The molecule has 0 saturated carbocycles. The number of rotatable bonds is 19. The molecule has 8 heteroatoms. The molecular formula is C26H52N2O5S. The highest BCUT2D eigenvalue weighted by Gasteiger charge is 2.36. The summed E-state index contributed by atoms with van der Waals surface area (Å²) >= 11 is 0. The first-order valence-electron chi connectivity index (χ1n) is 13.5. The van der Waals surface area contributed by atoms with Gasteiger partial charge in [0, 0.05) is 0 Å². The average Bonchev–Trinajstić information content (AvgIpc) is 3.25. The molecule has 202 valence electrons. The number of hydrogen-bond acceptors (Lipinski definition) is 6. The molecule has 7 nitrogen and oxygen atoms in total. The van der Waals surface area contributed by atoms with Crippen molar-refractivity contribution in [2.75, 3.05) is 26.2 Å². The predicted octanol–water partition coefficient (Wildman–Crippen LogP) is 5.29. The molecule has 0 amide bonds. The fraction of sp³-hybridized carbons (Fsp3) is 0.885. The summed E-state index contributed by atoms with van der Waals surface area (Å²) < 4.78 is 34.3. The second-order valence-electron chi connectivity index (χ2n) is 9.31. The minimum atomic E-state index is -4.42. The highest BCUT2D eigenvalue weighted by atomic mass is 32.3. The smallest absolute Gasteiger partial charge is 0.277 e. The van der Waals surface area contributed by atoms with Crippen LogP contribution in [-0.2, 0) is 14.6 Å². The lowest BCUT2D eigenvalue weighted by atomic mass is 10.0. The minimum Gasteiger partial charge on any atom is -0.726 e. The SMILES string of the molecule is CCCCCCCCCCCCCCC=CC[N+]1=C(C(C)(O)CC)NCC1.CCOS(=O)(=O)[O-]. The van der Waals surface area contributed by atoms with E-state index < -0.39 is 16.0 Å². The molecule has 0 bridgehead atoms. The Hall–Kier alpha value is -0.960. The monoisotopic (exact) mass is 504 g/mol. The van der Waals surface area contributed by atoms with Crippen molar-refractivity contribution in [3.63, 3.8) is 0 Å². The Bertz CT molecular complexity index is 660. The van der Waals surface area contributed by atoms with Gasteiger partial charge in [-0.3, -0.25) is 14.1 Å². The Labute approximate surface area is 210 Å². The van der Waals surface area contributed by atoms with E-state index >= 15 is 0 Å². The Kier molecular flexibility index (Phi) is 19.7. The largest absolute Gasteiger partial charge is 0.726 e. The van der Waals surface area contributed by atoms with E-state index in [1.807, 2.05) is 13.8 Å². The van der Waals surface area contributed by atoms with Crippen molar-refractivity contribution in [1.82, 2.24) is 5.32 Å². The molecule has 0 fully saturated rings. The molecule has 0 spiro atoms. The lowest BCUT2D eigenvalue weighted by Crippen LogP contribution is -2.45. The van der Waals surface area contributed by atoms with Gasteiger partial charge in [0.1, 0.15) is 19.6 Å². The maximum atomic E-state index is 10.5. The van der Waals surface area contributed by atoms with Gasteiger partial charge >= 0.3 is 0 Å². The van der Waals surface area contributed by atoms with E-state index in [-0.39, 0.29) is 6.61 Å². The van der Waals surface area contributed by atoms with Crippen molar-refractivity contribution in [1.29, 1.82) is 0 Å². The van der Waals surface area contributed by atoms with Crippen molar-refractivity contribution >= 4 is 16.2 Å². The van der Waals surface area contributed by atoms with Crippen molar-refractivity contribution < 1.29 is 26.8 Å². The molecule has 0 saturated heterocycles.